The maximum atomic E-state index is 10.8. The summed E-state index contributed by atoms with van der Waals surface area (Å²) in [5.74, 6) is 0. The summed E-state index contributed by atoms with van der Waals surface area (Å²) in [6.45, 7) is 1.75. The number of nitrogens with zero attached hydrogens (tertiary/aromatic N) is 2. The van der Waals surface area contributed by atoms with E-state index in [1.807, 2.05) is 6.07 Å². The van der Waals surface area contributed by atoms with Gasteiger partial charge < -0.3 is 4.98 Å². The highest BCUT2D eigenvalue weighted by Gasteiger charge is 2.03. The van der Waals surface area contributed by atoms with E-state index >= 15 is 0 Å². The van der Waals surface area contributed by atoms with Crippen LogP contribution in [0.3, 0.4) is 0 Å². The average Bonchev–Trinajstić information content (AvgIpc) is 2.04. The highest BCUT2D eigenvalue weighted by atomic mass is 32.2. The van der Waals surface area contributed by atoms with E-state index in [0.717, 1.165) is 0 Å². The van der Waals surface area contributed by atoms with E-state index in [9.17, 15) is 4.79 Å². The second-order valence-corrected chi connectivity index (χ2v) is 3.46. The fourth-order valence-corrected chi connectivity index (χ4v) is 1.27. The molecule has 1 heterocycles. The van der Waals surface area contributed by atoms with E-state index in [1.165, 1.54) is 24.0 Å². The molecule has 4 nitrogen and oxygen atoms in total. The molecule has 1 aromatic rings. The predicted molar refractivity (Wildman–Crippen MR) is 45.8 cm³/mol. The Morgan fingerprint density at radius 2 is 2.58 bits per heavy atom. The zero-order valence-corrected chi connectivity index (χ0v) is 7.26. The van der Waals surface area contributed by atoms with E-state index in [2.05, 4.69) is 9.97 Å². The Labute approximate surface area is 73.6 Å². The van der Waals surface area contributed by atoms with Crippen LogP contribution in [-0.4, -0.2) is 15.2 Å². The van der Waals surface area contributed by atoms with Gasteiger partial charge in [0.05, 0.1) is 11.3 Å². The summed E-state index contributed by atoms with van der Waals surface area (Å²) in [6.07, 6.45) is 1.42. The van der Waals surface area contributed by atoms with Crippen LogP contribution >= 0.6 is 11.8 Å². The second kappa shape index (κ2) is 3.93. The minimum absolute atomic E-state index is 0.197. The lowest BCUT2D eigenvalue weighted by molar-refractivity contribution is 0.933. The van der Waals surface area contributed by atoms with Crippen molar-refractivity contribution in [2.45, 2.75) is 17.3 Å². The highest BCUT2D eigenvalue weighted by molar-refractivity contribution is 7.99. The molecule has 1 N–H and O–H groups in total. The smallest absolute Gasteiger partial charge is 0.251 e. The molecule has 0 aliphatic carbocycles. The van der Waals surface area contributed by atoms with Crippen LogP contribution in [0, 0.1) is 11.3 Å². The minimum Gasteiger partial charge on any atom is -0.301 e. The highest BCUT2D eigenvalue weighted by Crippen LogP contribution is 2.15. The quantitative estimate of drug-likeness (QED) is 0.540. The lowest BCUT2D eigenvalue weighted by Crippen LogP contribution is -2.06. The first kappa shape index (κ1) is 8.81. The van der Waals surface area contributed by atoms with Crippen molar-refractivity contribution in [1.29, 1.82) is 5.26 Å². The molecule has 0 amide bonds. The van der Waals surface area contributed by atoms with Gasteiger partial charge in [-0.15, -0.1) is 0 Å². The van der Waals surface area contributed by atoms with Crippen LogP contribution in [0.2, 0.25) is 0 Å². The van der Waals surface area contributed by atoms with Crippen LogP contribution in [0.25, 0.3) is 0 Å². The van der Waals surface area contributed by atoms with E-state index in [-0.39, 0.29) is 10.8 Å². The SMILES string of the molecule is CC(C#N)Sc1nccc(=O)[nH]1. The number of aromatic nitrogens is 2. The van der Waals surface area contributed by atoms with Crippen LogP contribution in [0.15, 0.2) is 22.2 Å². The third-order valence-electron chi connectivity index (χ3n) is 1.12. The standard InChI is InChI=1S/C7H7N3OS/c1-5(4-8)12-7-9-3-2-6(11)10-7/h2-3,5H,1H3,(H,9,10,11). The molecule has 62 valence electrons. The Bertz CT molecular complexity index is 354. The van der Waals surface area contributed by atoms with Crippen molar-refractivity contribution < 1.29 is 0 Å². The monoisotopic (exact) mass is 181 g/mol. The fraction of sp³-hybridized carbons (Fsp3) is 0.286. The predicted octanol–water partition coefficient (Wildman–Crippen LogP) is 0.774. The van der Waals surface area contributed by atoms with Crippen molar-refractivity contribution in [2.75, 3.05) is 0 Å². The summed E-state index contributed by atoms with van der Waals surface area (Å²) in [5, 5.41) is 8.76. The molecule has 1 aromatic heterocycles. The molecule has 0 bridgehead atoms. The Morgan fingerprint density at radius 3 is 3.17 bits per heavy atom. The first-order chi connectivity index (χ1) is 5.72. The summed E-state index contributed by atoms with van der Waals surface area (Å²) in [7, 11) is 0. The zero-order valence-electron chi connectivity index (χ0n) is 6.44. The summed E-state index contributed by atoms with van der Waals surface area (Å²) in [6, 6.07) is 3.37. The van der Waals surface area contributed by atoms with Gasteiger partial charge in [-0.25, -0.2) is 4.98 Å². The first-order valence-corrected chi connectivity index (χ1v) is 4.22. The third-order valence-corrected chi connectivity index (χ3v) is 2.01. The number of nitriles is 1. The number of aromatic amines is 1. The second-order valence-electron chi connectivity index (χ2n) is 2.13. The Balaban J connectivity index is 2.78. The lowest BCUT2D eigenvalue weighted by Gasteiger charge is -1.98. The maximum Gasteiger partial charge on any atom is 0.251 e. The Hall–Kier alpha value is -1.28. The number of hydrogen-bond donors (Lipinski definition) is 1. The van der Waals surface area contributed by atoms with Crippen molar-refractivity contribution in [2.24, 2.45) is 0 Å². The molecule has 0 saturated heterocycles. The molecule has 0 saturated carbocycles. The molecule has 1 atom stereocenters. The van der Waals surface area contributed by atoms with Crippen LogP contribution in [-0.2, 0) is 0 Å². The van der Waals surface area contributed by atoms with Gasteiger partial charge in [-0.2, -0.15) is 5.26 Å². The van der Waals surface area contributed by atoms with Crippen LogP contribution < -0.4 is 5.56 Å². The summed E-state index contributed by atoms with van der Waals surface area (Å²) in [4.78, 5) is 17.2. The summed E-state index contributed by atoms with van der Waals surface area (Å²) in [5.41, 5.74) is -0.197. The molecule has 0 spiro atoms. The largest absolute Gasteiger partial charge is 0.301 e. The van der Waals surface area contributed by atoms with Gasteiger partial charge in [0.25, 0.3) is 5.56 Å². The molecular formula is C7H7N3OS. The van der Waals surface area contributed by atoms with Gasteiger partial charge in [0.2, 0.25) is 0 Å². The fourth-order valence-electron chi connectivity index (χ4n) is 0.606. The van der Waals surface area contributed by atoms with Crippen molar-refractivity contribution in [3.63, 3.8) is 0 Å². The summed E-state index contributed by atoms with van der Waals surface area (Å²) >= 11 is 1.23. The molecule has 0 aliphatic heterocycles. The van der Waals surface area contributed by atoms with Gasteiger partial charge in [0.1, 0.15) is 0 Å². The third kappa shape index (κ3) is 2.40. The molecule has 0 aromatic carbocycles. The number of rotatable bonds is 2. The van der Waals surface area contributed by atoms with Gasteiger partial charge in [-0.05, 0) is 6.92 Å². The number of H-pyrrole nitrogens is 1. The Kier molecular flexibility index (Phi) is 2.88. The first-order valence-electron chi connectivity index (χ1n) is 3.34. The van der Waals surface area contributed by atoms with E-state index in [4.69, 9.17) is 5.26 Å². The maximum absolute atomic E-state index is 10.8. The van der Waals surface area contributed by atoms with Gasteiger partial charge >= 0.3 is 0 Å². The minimum atomic E-state index is -0.199. The topological polar surface area (TPSA) is 69.5 Å². The van der Waals surface area contributed by atoms with Gasteiger partial charge in [0, 0.05) is 12.3 Å². The number of hydrogen-bond acceptors (Lipinski definition) is 4. The molecule has 1 rings (SSSR count). The van der Waals surface area contributed by atoms with Crippen molar-refractivity contribution in [3.05, 3.63) is 22.6 Å². The van der Waals surface area contributed by atoms with Crippen molar-refractivity contribution >= 4 is 11.8 Å². The van der Waals surface area contributed by atoms with Gasteiger partial charge in [-0.3, -0.25) is 4.79 Å². The zero-order chi connectivity index (χ0) is 8.97. The van der Waals surface area contributed by atoms with Gasteiger partial charge in [0.15, 0.2) is 5.16 Å². The average molecular weight is 181 g/mol. The Morgan fingerprint density at radius 1 is 1.83 bits per heavy atom. The van der Waals surface area contributed by atoms with E-state index in [1.54, 1.807) is 6.92 Å². The summed E-state index contributed by atoms with van der Waals surface area (Å²) < 4.78 is 0. The molecular weight excluding hydrogens is 174 g/mol. The normalized spacial score (nSPS) is 12.0. The molecule has 5 heteroatoms. The van der Waals surface area contributed by atoms with Crippen molar-refractivity contribution in [1.82, 2.24) is 9.97 Å². The van der Waals surface area contributed by atoms with Crippen molar-refractivity contribution in [3.8, 4) is 6.07 Å². The molecule has 0 aliphatic rings. The molecule has 0 radical (unpaired) electrons. The van der Waals surface area contributed by atoms with Crippen LogP contribution in [0.5, 0.6) is 0 Å². The van der Waals surface area contributed by atoms with Gasteiger partial charge in [-0.1, -0.05) is 11.8 Å². The molecule has 1 unspecified atom stereocenters. The molecule has 0 fully saturated rings. The number of thioether (sulfide) groups is 1. The lowest BCUT2D eigenvalue weighted by atomic mass is 10.5. The number of nitrogens with one attached hydrogen (secondary N) is 1. The van der Waals surface area contributed by atoms with E-state index in [0.29, 0.717) is 5.16 Å². The van der Waals surface area contributed by atoms with E-state index < -0.39 is 0 Å². The molecule has 12 heavy (non-hydrogen) atoms. The van der Waals surface area contributed by atoms with Crippen LogP contribution in [0.1, 0.15) is 6.92 Å². The van der Waals surface area contributed by atoms with Crippen LogP contribution in [0.4, 0.5) is 0 Å².